The number of fused-ring (bicyclic) bond motifs is 1. The maximum atomic E-state index is 12.4. The summed E-state index contributed by atoms with van der Waals surface area (Å²) in [5, 5.41) is 10.1. The Morgan fingerprint density at radius 2 is 2.04 bits per heavy atom. The van der Waals surface area contributed by atoms with E-state index in [9.17, 15) is 4.79 Å². The van der Waals surface area contributed by atoms with E-state index in [0.717, 1.165) is 74.2 Å². The molecule has 25 heavy (non-hydrogen) atoms. The molecular formula is C18H23N5O2. The second-order valence-corrected chi connectivity index (χ2v) is 6.72. The molecule has 4 rings (SSSR count). The average molecular weight is 341 g/mol. The number of aromatic amines is 1. The van der Waals surface area contributed by atoms with Crippen LogP contribution < -0.4 is 5.32 Å². The maximum absolute atomic E-state index is 12.4. The molecule has 2 aromatic rings. The van der Waals surface area contributed by atoms with Crippen molar-refractivity contribution in [1.82, 2.24) is 25.5 Å². The highest BCUT2D eigenvalue weighted by molar-refractivity contribution is 5.94. The number of nitrogens with one attached hydrogen (secondary N) is 2. The maximum Gasteiger partial charge on any atom is 0.272 e. The molecule has 0 saturated carbocycles. The Hall–Kier alpha value is -2.28. The Balaban J connectivity index is 1.36. The molecule has 1 saturated heterocycles. The summed E-state index contributed by atoms with van der Waals surface area (Å²) in [5.41, 5.74) is 3.58. The molecule has 2 aromatic heterocycles. The first-order chi connectivity index (χ1) is 12.3. The third-order valence-electron chi connectivity index (χ3n) is 4.92. The SMILES string of the molecule is O=C(NCc1cnc([C@H]2CCCCO2)nc1)c1n[nH]c2c1CCCC2. The van der Waals surface area contributed by atoms with Gasteiger partial charge < -0.3 is 10.1 Å². The molecule has 1 fully saturated rings. The van der Waals surface area contributed by atoms with Crippen LogP contribution in [0.25, 0.3) is 0 Å². The van der Waals surface area contributed by atoms with Crippen molar-refractivity contribution in [1.29, 1.82) is 0 Å². The molecule has 0 spiro atoms. The van der Waals surface area contributed by atoms with Gasteiger partial charge in [0.05, 0.1) is 0 Å². The van der Waals surface area contributed by atoms with Crippen LogP contribution in [0.1, 0.15) is 71.3 Å². The van der Waals surface area contributed by atoms with Crippen LogP contribution in [0.4, 0.5) is 0 Å². The molecule has 0 radical (unpaired) electrons. The van der Waals surface area contributed by atoms with Gasteiger partial charge in [0.1, 0.15) is 6.10 Å². The zero-order chi connectivity index (χ0) is 17.1. The van der Waals surface area contributed by atoms with Gasteiger partial charge >= 0.3 is 0 Å². The normalized spacial score (nSPS) is 20.1. The zero-order valence-electron chi connectivity index (χ0n) is 14.3. The van der Waals surface area contributed by atoms with E-state index in [-0.39, 0.29) is 12.0 Å². The lowest BCUT2D eigenvalue weighted by atomic mass is 9.96. The number of nitrogens with zero attached hydrogens (tertiary/aromatic N) is 3. The first kappa shape index (κ1) is 16.2. The highest BCUT2D eigenvalue weighted by Crippen LogP contribution is 2.25. The van der Waals surface area contributed by atoms with E-state index in [2.05, 4.69) is 25.5 Å². The lowest BCUT2D eigenvalue weighted by Gasteiger charge is -2.21. The number of rotatable bonds is 4. The van der Waals surface area contributed by atoms with Crippen molar-refractivity contribution >= 4 is 5.91 Å². The predicted octanol–water partition coefficient (Wildman–Crippen LogP) is 2.25. The number of H-pyrrole nitrogens is 1. The van der Waals surface area contributed by atoms with Gasteiger partial charge in [-0.2, -0.15) is 5.10 Å². The van der Waals surface area contributed by atoms with Crippen molar-refractivity contribution < 1.29 is 9.53 Å². The molecule has 132 valence electrons. The molecule has 1 aliphatic heterocycles. The molecule has 0 unspecified atom stereocenters. The summed E-state index contributed by atoms with van der Waals surface area (Å²) in [7, 11) is 0. The molecule has 7 nitrogen and oxygen atoms in total. The van der Waals surface area contributed by atoms with E-state index in [0.29, 0.717) is 12.2 Å². The Kier molecular flexibility index (Phi) is 4.74. The number of carbonyl (C=O) groups is 1. The lowest BCUT2D eigenvalue weighted by molar-refractivity contribution is 0.00940. The summed E-state index contributed by atoms with van der Waals surface area (Å²) in [6.45, 7) is 1.17. The van der Waals surface area contributed by atoms with Crippen LogP contribution in [0, 0.1) is 0 Å². The van der Waals surface area contributed by atoms with Crippen molar-refractivity contribution in [2.75, 3.05) is 6.61 Å². The first-order valence-electron chi connectivity index (χ1n) is 9.08. The van der Waals surface area contributed by atoms with Gasteiger partial charge in [0, 0.05) is 42.4 Å². The van der Waals surface area contributed by atoms with Crippen molar-refractivity contribution in [3.05, 3.63) is 40.7 Å². The summed E-state index contributed by atoms with van der Waals surface area (Å²) in [6, 6.07) is 0. The number of amides is 1. The van der Waals surface area contributed by atoms with E-state index in [1.165, 1.54) is 0 Å². The van der Waals surface area contributed by atoms with Gasteiger partial charge in [-0.05, 0) is 44.9 Å². The minimum Gasteiger partial charge on any atom is -0.370 e. The smallest absolute Gasteiger partial charge is 0.272 e. The van der Waals surface area contributed by atoms with Gasteiger partial charge in [0.2, 0.25) is 0 Å². The largest absolute Gasteiger partial charge is 0.370 e. The van der Waals surface area contributed by atoms with Gasteiger partial charge in [-0.25, -0.2) is 9.97 Å². The molecule has 1 aliphatic carbocycles. The highest BCUT2D eigenvalue weighted by Gasteiger charge is 2.22. The molecule has 2 N–H and O–H groups in total. The number of ether oxygens (including phenoxy) is 1. The van der Waals surface area contributed by atoms with Crippen LogP contribution in [-0.4, -0.2) is 32.7 Å². The molecule has 7 heteroatoms. The molecule has 3 heterocycles. The number of carbonyl (C=O) groups excluding carboxylic acids is 1. The van der Waals surface area contributed by atoms with E-state index in [1.807, 2.05) is 0 Å². The topological polar surface area (TPSA) is 92.8 Å². The van der Waals surface area contributed by atoms with Crippen molar-refractivity contribution in [2.45, 2.75) is 57.6 Å². The van der Waals surface area contributed by atoms with Gasteiger partial charge in [-0.15, -0.1) is 0 Å². The van der Waals surface area contributed by atoms with Crippen molar-refractivity contribution in [3.63, 3.8) is 0 Å². The third-order valence-corrected chi connectivity index (χ3v) is 4.92. The average Bonchev–Trinajstić information content (AvgIpc) is 3.11. The van der Waals surface area contributed by atoms with Crippen LogP contribution in [0.15, 0.2) is 12.4 Å². The fourth-order valence-corrected chi connectivity index (χ4v) is 3.50. The van der Waals surface area contributed by atoms with Crippen LogP contribution >= 0.6 is 0 Å². The quantitative estimate of drug-likeness (QED) is 0.890. The zero-order valence-corrected chi connectivity index (χ0v) is 14.3. The summed E-state index contributed by atoms with van der Waals surface area (Å²) in [4.78, 5) is 21.2. The predicted molar refractivity (Wildman–Crippen MR) is 91.0 cm³/mol. The number of aryl methyl sites for hydroxylation is 1. The summed E-state index contributed by atoms with van der Waals surface area (Å²) in [5.74, 6) is 0.593. The number of hydrogen-bond acceptors (Lipinski definition) is 5. The number of aromatic nitrogens is 4. The Labute approximate surface area is 146 Å². The standard InChI is InChI=1S/C18H23N5O2/c24-18(16-13-5-1-2-6-14(13)22-23-16)21-11-12-9-19-17(20-10-12)15-7-3-4-8-25-15/h9-10,15H,1-8,11H2,(H,21,24)(H,22,23)/t15-/m1/s1. The van der Waals surface area contributed by atoms with Crippen LogP contribution in [-0.2, 0) is 24.1 Å². The summed E-state index contributed by atoms with van der Waals surface area (Å²) in [6.07, 6.45) is 10.9. The van der Waals surface area contributed by atoms with Gasteiger partial charge in [-0.1, -0.05) is 0 Å². The van der Waals surface area contributed by atoms with Crippen LogP contribution in [0.3, 0.4) is 0 Å². The van der Waals surface area contributed by atoms with Gasteiger partial charge in [0.25, 0.3) is 5.91 Å². The second kappa shape index (κ2) is 7.31. The Bertz CT molecular complexity index is 734. The fraction of sp³-hybridized carbons (Fsp3) is 0.556. The molecule has 2 aliphatic rings. The lowest BCUT2D eigenvalue weighted by Crippen LogP contribution is -2.25. The van der Waals surface area contributed by atoms with E-state index in [4.69, 9.17) is 4.74 Å². The monoisotopic (exact) mass is 341 g/mol. The van der Waals surface area contributed by atoms with Gasteiger partial charge in [-0.3, -0.25) is 9.89 Å². The Morgan fingerprint density at radius 3 is 2.84 bits per heavy atom. The fourth-order valence-electron chi connectivity index (χ4n) is 3.50. The molecule has 1 atom stereocenters. The first-order valence-corrected chi connectivity index (χ1v) is 9.08. The number of hydrogen-bond donors (Lipinski definition) is 2. The second-order valence-electron chi connectivity index (χ2n) is 6.72. The van der Waals surface area contributed by atoms with E-state index < -0.39 is 0 Å². The van der Waals surface area contributed by atoms with Crippen LogP contribution in [0.2, 0.25) is 0 Å². The highest BCUT2D eigenvalue weighted by atomic mass is 16.5. The third kappa shape index (κ3) is 3.56. The summed E-state index contributed by atoms with van der Waals surface area (Å²) < 4.78 is 5.70. The minimum absolute atomic E-state index is 0.00738. The molecule has 0 bridgehead atoms. The van der Waals surface area contributed by atoms with Crippen LogP contribution in [0.5, 0.6) is 0 Å². The molecule has 1 amide bonds. The molecular weight excluding hydrogens is 318 g/mol. The van der Waals surface area contributed by atoms with E-state index in [1.54, 1.807) is 12.4 Å². The van der Waals surface area contributed by atoms with Crippen molar-refractivity contribution in [3.8, 4) is 0 Å². The summed E-state index contributed by atoms with van der Waals surface area (Å²) >= 11 is 0. The van der Waals surface area contributed by atoms with Crippen molar-refractivity contribution in [2.24, 2.45) is 0 Å². The van der Waals surface area contributed by atoms with E-state index >= 15 is 0 Å². The Morgan fingerprint density at radius 1 is 1.20 bits per heavy atom. The minimum atomic E-state index is -0.140. The molecule has 0 aromatic carbocycles. The van der Waals surface area contributed by atoms with Gasteiger partial charge in [0.15, 0.2) is 11.5 Å².